The van der Waals surface area contributed by atoms with Crippen LogP contribution in [0.1, 0.15) is 11.1 Å². The average molecular weight is 407 g/mol. The summed E-state index contributed by atoms with van der Waals surface area (Å²) < 4.78 is 22.8. The summed E-state index contributed by atoms with van der Waals surface area (Å²) in [6.07, 6.45) is 1.78. The first kappa shape index (κ1) is 19.0. The standard InChI is InChI=1S/C27H20FN2O/c1-16-10-11-20-21-13-12-19(18-8-6-5-7-9-18)25(29-3)27(21)31-26(20)24(16)23-14-22(28)17(2)15-30(23)4/h5-15H,1-2,4H3/q+1. The fourth-order valence-electron chi connectivity index (χ4n) is 4.27. The van der Waals surface area contributed by atoms with Gasteiger partial charge in [0.1, 0.15) is 24.0 Å². The largest absolute Gasteiger partial charge is 0.466 e. The molecule has 0 aliphatic carbocycles. The Bertz CT molecular complexity index is 1530. The lowest BCUT2D eigenvalue weighted by atomic mass is 9.98. The summed E-state index contributed by atoms with van der Waals surface area (Å²) in [7, 11) is 1.90. The van der Waals surface area contributed by atoms with Gasteiger partial charge in [-0.2, -0.15) is 0 Å². The molecule has 0 saturated heterocycles. The summed E-state index contributed by atoms with van der Waals surface area (Å²) in [6.45, 7) is 11.6. The predicted octanol–water partition coefficient (Wildman–Crippen LogP) is 7.05. The van der Waals surface area contributed by atoms with E-state index in [4.69, 9.17) is 11.0 Å². The van der Waals surface area contributed by atoms with Crippen LogP contribution >= 0.6 is 0 Å². The maximum atomic E-state index is 14.5. The van der Waals surface area contributed by atoms with E-state index in [1.807, 2.05) is 73.1 Å². The maximum absolute atomic E-state index is 14.5. The van der Waals surface area contributed by atoms with Crippen molar-refractivity contribution in [3.05, 3.63) is 95.2 Å². The van der Waals surface area contributed by atoms with Crippen molar-refractivity contribution in [2.24, 2.45) is 7.05 Å². The Hall–Kier alpha value is -3.97. The minimum atomic E-state index is -0.256. The van der Waals surface area contributed by atoms with Gasteiger partial charge in [-0.3, -0.25) is 0 Å². The van der Waals surface area contributed by atoms with Crippen molar-refractivity contribution in [3.8, 4) is 22.4 Å². The van der Waals surface area contributed by atoms with Gasteiger partial charge in [-0.15, -0.1) is 0 Å². The van der Waals surface area contributed by atoms with Gasteiger partial charge in [0, 0.05) is 22.4 Å². The summed E-state index contributed by atoms with van der Waals surface area (Å²) >= 11 is 0. The molecule has 5 rings (SSSR count). The number of aryl methyl sites for hydroxylation is 3. The van der Waals surface area contributed by atoms with Gasteiger partial charge in [0.2, 0.25) is 11.4 Å². The number of rotatable bonds is 2. The highest BCUT2D eigenvalue weighted by atomic mass is 19.1. The van der Waals surface area contributed by atoms with Crippen LogP contribution in [0.5, 0.6) is 0 Å². The molecule has 0 amide bonds. The lowest BCUT2D eigenvalue weighted by Gasteiger charge is -2.06. The highest BCUT2D eigenvalue weighted by Crippen LogP contribution is 2.44. The first-order valence-corrected chi connectivity index (χ1v) is 10.1. The molecule has 0 fully saturated rings. The van der Waals surface area contributed by atoms with Crippen LogP contribution in [0.4, 0.5) is 10.1 Å². The molecule has 5 aromatic rings. The quantitative estimate of drug-likeness (QED) is 0.227. The smallest absolute Gasteiger partial charge is 0.237 e. The fraction of sp³-hybridized carbons (Fsp3) is 0.111. The van der Waals surface area contributed by atoms with Gasteiger partial charge in [-0.25, -0.2) is 13.8 Å². The van der Waals surface area contributed by atoms with E-state index in [0.717, 1.165) is 38.7 Å². The molecular formula is C27H20FN2O+. The van der Waals surface area contributed by atoms with E-state index in [2.05, 4.69) is 4.85 Å². The van der Waals surface area contributed by atoms with E-state index in [1.54, 1.807) is 19.2 Å². The van der Waals surface area contributed by atoms with Crippen LogP contribution in [0.25, 0.3) is 49.2 Å². The Balaban J connectivity index is 1.87. The molecule has 0 aliphatic rings. The number of hydrogen-bond acceptors (Lipinski definition) is 1. The van der Waals surface area contributed by atoms with E-state index in [9.17, 15) is 4.39 Å². The lowest BCUT2D eigenvalue weighted by Crippen LogP contribution is -2.31. The molecule has 4 heteroatoms. The van der Waals surface area contributed by atoms with Crippen LogP contribution in [-0.2, 0) is 7.05 Å². The molecule has 0 spiro atoms. The third-order valence-electron chi connectivity index (χ3n) is 5.85. The summed E-state index contributed by atoms with van der Waals surface area (Å²) in [6, 6.07) is 19.4. The van der Waals surface area contributed by atoms with E-state index < -0.39 is 0 Å². The first-order chi connectivity index (χ1) is 15.0. The second-order valence-corrected chi connectivity index (χ2v) is 7.85. The zero-order chi connectivity index (χ0) is 21.7. The van der Waals surface area contributed by atoms with Crippen molar-refractivity contribution in [3.63, 3.8) is 0 Å². The van der Waals surface area contributed by atoms with Gasteiger partial charge in [0.05, 0.1) is 12.1 Å². The molecule has 3 aromatic carbocycles. The number of aromatic nitrogens is 1. The molecule has 0 bridgehead atoms. The van der Waals surface area contributed by atoms with E-state index in [-0.39, 0.29) is 5.82 Å². The van der Waals surface area contributed by atoms with Crippen molar-refractivity contribution >= 4 is 27.6 Å². The SMILES string of the molecule is [C-]#[N+]c1c(-c2ccccc2)ccc2c1oc1c(-c3cc(F)c(C)c[n+]3C)c(C)ccc12. The second kappa shape index (κ2) is 7.07. The van der Waals surface area contributed by atoms with Crippen LogP contribution in [0.3, 0.4) is 0 Å². The van der Waals surface area contributed by atoms with Crippen LogP contribution in [0.2, 0.25) is 0 Å². The number of hydrogen-bond donors (Lipinski definition) is 0. The summed E-state index contributed by atoms with van der Waals surface area (Å²) in [5, 5.41) is 1.80. The van der Waals surface area contributed by atoms with Crippen LogP contribution in [0.15, 0.2) is 71.3 Å². The van der Waals surface area contributed by atoms with Crippen molar-refractivity contribution in [2.45, 2.75) is 13.8 Å². The molecule has 0 aliphatic heterocycles. The summed E-state index contributed by atoms with van der Waals surface area (Å²) in [5.41, 5.74) is 6.68. The van der Waals surface area contributed by atoms with Gasteiger partial charge in [0.25, 0.3) is 0 Å². The topological polar surface area (TPSA) is 21.4 Å². The van der Waals surface area contributed by atoms with Crippen LogP contribution in [0, 0.1) is 26.2 Å². The molecule has 0 atom stereocenters. The van der Waals surface area contributed by atoms with Gasteiger partial charge >= 0.3 is 0 Å². The Morgan fingerprint density at radius 3 is 2.35 bits per heavy atom. The Morgan fingerprint density at radius 1 is 0.903 bits per heavy atom. The number of halogens is 1. The third-order valence-corrected chi connectivity index (χ3v) is 5.85. The van der Waals surface area contributed by atoms with Crippen LogP contribution in [-0.4, -0.2) is 0 Å². The molecule has 0 N–H and O–H groups in total. The molecule has 0 unspecified atom stereocenters. The van der Waals surface area contributed by atoms with Crippen molar-refractivity contribution in [1.29, 1.82) is 0 Å². The Kier molecular flexibility index (Phi) is 4.34. The highest BCUT2D eigenvalue weighted by Gasteiger charge is 2.24. The number of benzene rings is 3. The molecule has 0 saturated carbocycles. The summed E-state index contributed by atoms with van der Waals surface area (Å²) in [4.78, 5) is 3.83. The molecule has 150 valence electrons. The van der Waals surface area contributed by atoms with Gasteiger partial charge in [-0.05, 0) is 30.5 Å². The normalized spacial score (nSPS) is 11.2. The van der Waals surface area contributed by atoms with Crippen molar-refractivity contribution in [2.75, 3.05) is 0 Å². The lowest BCUT2D eigenvalue weighted by molar-refractivity contribution is -0.661. The molecule has 3 nitrogen and oxygen atoms in total. The zero-order valence-electron chi connectivity index (χ0n) is 17.5. The minimum absolute atomic E-state index is 0.256. The number of fused-ring (bicyclic) bond motifs is 3. The van der Waals surface area contributed by atoms with Crippen molar-refractivity contribution < 1.29 is 13.4 Å². The zero-order valence-corrected chi connectivity index (χ0v) is 17.5. The molecule has 2 aromatic heterocycles. The van der Waals surface area contributed by atoms with E-state index in [1.165, 1.54) is 0 Å². The van der Waals surface area contributed by atoms with Gasteiger partial charge < -0.3 is 4.42 Å². The molecule has 0 radical (unpaired) electrons. The monoisotopic (exact) mass is 407 g/mol. The average Bonchev–Trinajstić information content (AvgIpc) is 3.15. The number of furan rings is 1. The molecule has 2 heterocycles. The maximum Gasteiger partial charge on any atom is 0.237 e. The fourth-order valence-corrected chi connectivity index (χ4v) is 4.27. The Morgan fingerprint density at radius 2 is 1.61 bits per heavy atom. The predicted molar refractivity (Wildman–Crippen MR) is 121 cm³/mol. The van der Waals surface area contributed by atoms with Crippen molar-refractivity contribution in [1.82, 2.24) is 0 Å². The van der Waals surface area contributed by atoms with Gasteiger partial charge in [0.15, 0.2) is 6.20 Å². The summed E-state index contributed by atoms with van der Waals surface area (Å²) in [5.74, 6) is -0.256. The first-order valence-electron chi connectivity index (χ1n) is 10.1. The van der Waals surface area contributed by atoms with Gasteiger partial charge in [-0.1, -0.05) is 54.6 Å². The number of nitrogens with zero attached hydrogens (tertiary/aromatic N) is 2. The van der Waals surface area contributed by atoms with E-state index >= 15 is 0 Å². The third kappa shape index (κ3) is 2.90. The molecular weight excluding hydrogens is 387 g/mol. The number of pyridine rings is 1. The molecule has 31 heavy (non-hydrogen) atoms. The Labute approximate surface area is 179 Å². The second-order valence-electron chi connectivity index (χ2n) is 7.85. The van der Waals surface area contributed by atoms with Crippen LogP contribution < -0.4 is 4.57 Å². The highest BCUT2D eigenvalue weighted by molar-refractivity contribution is 6.14. The van der Waals surface area contributed by atoms with E-state index in [0.29, 0.717) is 22.4 Å². The minimum Gasteiger partial charge on any atom is -0.466 e.